The van der Waals surface area contributed by atoms with Crippen LogP contribution in [0, 0.1) is 0 Å². The van der Waals surface area contributed by atoms with Crippen molar-refractivity contribution in [1.82, 2.24) is 9.80 Å². The lowest BCUT2D eigenvalue weighted by Crippen LogP contribution is -2.39. The van der Waals surface area contributed by atoms with Gasteiger partial charge in [-0.1, -0.05) is 56.2 Å². The molecular weight excluding hydrogens is 584 g/mol. The number of Topliss-reactive ketones (excluding diaryl/α,β-unsaturated/α-hetero) is 1. The molecular formula is C37H44N2O7. The van der Waals surface area contributed by atoms with Crippen LogP contribution in [0.2, 0.25) is 0 Å². The van der Waals surface area contributed by atoms with Gasteiger partial charge in [0.1, 0.15) is 18.1 Å². The van der Waals surface area contributed by atoms with Crippen LogP contribution >= 0.6 is 0 Å². The number of unbranched alkanes of at least 4 members (excludes halogenated alkanes) is 2. The maximum Gasteiger partial charge on any atom is 0.295 e. The molecule has 0 aromatic heterocycles. The van der Waals surface area contributed by atoms with Crippen LogP contribution < -0.4 is 14.2 Å². The van der Waals surface area contributed by atoms with Crippen molar-refractivity contribution in [1.29, 1.82) is 0 Å². The predicted octanol–water partition coefficient (Wildman–Crippen LogP) is 5.99. The molecule has 9 nitrogen and oxygen atoms in total. The average Bonchev–Trinajstić information content (AvgIpc) is 3.35. The summed E-state index contributed by atoms with van der Waals surface area (Å²) in [5.41, 5.74) is 2.17. The molecule has 1 N–H and O–H groups in total. The predicted molar refractivity (Wildman–Crippen MR) is 176 cm³/mol. The van der Waals surface area contributed by atoms with E-state index in [1.165, 1.54) is 0 Å². The van der Waals surface area contributed by atoms with Gasteiger partial charge in [-0.05, 0) is 60.4 Å². The molecule has 3 aromatic carbocycles. The Hall–Kier alpha value is -4.34. The number of aliphatic hydroxyl groups excluding tert-OH is 1. The highest BCUT2D eigenvalue weighted by Gasteiger charge is 2.46. The second kappa shape index (κ2) is 16.3. The first-order chi connectivity index (χ1) is 22.5. The Morgan fingerprint density at radius 2 is 1.65 bits per heavy atom. The van der Waals surface area contributed by atoms with Crippen LogP contribution in [0.1, 0.15) is 55.3 Å². The molecule has 9 heteroatoms. The van der Waals surface area contributed by atoms with Gasteiger partial charge in [0, 0.05) is 31.7 Å². The van der Waals surface area contributed by atoms with Crippen LogP contribution in [0.3, 0.4) is 0 Å². The fourth-order valence-electron chi connectivity index (χ4n) is 5.86. The van der Waals surface area contributed by atoms with Crippen LogP contribution in [0.25, 0.3) is 5.76 Å². The van der Waals surface area contributed by atoms with E-state index in [1.54, 1.807) is 42.3 Å². The van der Waals surface area contributed by atoms with E-state index < -0.39 is 17.7 Å². The minimum Gasteiger partial charge on any atom is -0.507 e. The summed E-state index contributed by atoms with van der Waals surface area (Å²) in [5, 5.41) is 11.6. The molecule has 1 unspecified atom stereocenters. The van der Waals surface area contributed by atoms with E-state index in [0.717, 1.165) is 44.5 Å². The summed E-state index contributed by atoms with van der Waals surface area (Å²) in [6, 6.07) is 21.4. The number of amides is 1. The van der Waals surface area contributed by atoms with Crippen molar-refractivity contribution in [2.75, 3.05) is 53.1 Å². The van der Waals surface area contributed by atoms with Crippen molar-refractivity contribution in [3.05, 3.63) is 95.1 Å². The Morgan fingerprint density at radius 1 is 0.891 bits per heavy atom. The number of ketones is 1. The lowest BCUT2D eigenvalue weighted by atomic mass is 9.95. The highest BCUT2D eigenvalue weighted by Crippen LogP contribution is 2.42. The number of hydrogen-bond donors (Lipinski definition) is 1. The first-order valence-electron chi connectivity index (χ1n) is 16.2. The lowest BCUT2D eigenvalue weighted by Gasteiger charge is -2.29. The van der Waals surface area contributed by atoms with E-state index in [9.17, 15) is 14.7 Å². The number of ether oxygens (including phenoxy) is 4. The maximum atomic E-state index is 13.6. The molecule has 1 atom stereocenters. The van der Waals surface area contributed by atoms with Gasteiger partial charge in [-0.25, -0.2) is 0 Å². The number of morpholine rings is 1. The summed E-state index contributed by atoms with van der Waals surface area (Å²) in [7, 11) is 1.57. The van der Waals surface area contributed by atoms with Crippen LogP contribution in [0.5, 0.6) is 17.2 Å². The molecule has 46 heavy (non-hydrogen) atoms. The molecule has 3 aromatic rings. The minimum atomic E-state index is -0.790. The van der Waals surface area contributed by atoms with Crippen LogP contribution in [-0.2, 0) is 20.9 Å². The molecule has 244 valence electrons. The molecule has 0 bridgehead atoms. The Balaban J connectivity index is 1.42. The Bertz CT molecular complexity index is 1480. The van der Waals surface area contributed by atoms with E-state index in [4.69, 9.17) is 18.9 Å². The summed E-state index contributed by atoms with van der Waals surface area (Å²) in [6.07, 6.45) is 3.76. The standard InChI is InChI=1S/C37H44N2O7/c1-3-4-8-22-45-31-17-14-29(25-32(31)43-2)34-33(36(41)37(42)39(34)19-9-18-38-20-23-44-24-21-38)35(40)28-12-15-30(16-13-28)46-26-27-10-6-5-7-11-27/h5-7,10-17,25,34,40H,3-4,8-9,18-24,26H2,1-2H3/b35-33+. The molecule has 2 fully saturated rings. The number of aliphatic hydroxyl groups is 1. The first kappa shape index (κ1) is 33.0. The fourth-order valence-corrected chi connectivity index (χ4v) is 5.86. The normalized spacial score (nSPS) is 18.1. The van der Waals surface area contributed by atoms with Gasteiger partial charge in [-0.2, -0.15) is 0 Å². The molecule has 2 saturated heterocycles. The van der Waals surface area contributed by atoms with Gasteiger partial charge in [0.25, 0.3) is 11.7 Å². The van der Waals surface area contributed by atoms with Crippen LogP contribution in [0.15, 0.2) is 78.4 Å². The monoisotopic (exact) mass is 628 g/mol. The number of nitrogens with zero attached hydrogens (tertiary/aromatic N) is 2. The zero-order valence-corrected chi connectivity index (χ0v) is 26.8. The van der Waals surface area contributed by atoms with E-state index >= 15 is 0 Å². The molecule has 0 spiro atoms. The zero-order valence-electron chi connectivity index (χ0n) is 26.8. The Labute approximate surface area is 271 Å². The van der Waals surface area contributed by atoms with Gasteiger partial charge in [0.2, 0.25) is 0 Å². The highest BCUT2D eigenvalue weighted by atomic mass is 16.5. The molecule has 5 rings (SSSR count). The van der Waals surface area contributed by atoms with Gasteiger partial charge in [0.15, 0.2) is 11.5 Å². The summed E-state index contributed by atoms with van der Waals surface area (Å²) >= 11 is 0. The summed E-state index contributed by atoms with van der Waals surface area (Å²) in [6.45, 7) is 7.29. The highest BCUT2D eigenvalue weighted by molar-refractivity contribution is 6.46. The second-order valence-electron chi connectivity index (χ2n) is 11.6. The number of rotatable bonds is 15. The third-order valence-corrected chi connectivity index (χ3v) is 8.40. The Kier molecular flexibility index (Phi) is 11.7. The molecule has 0 aliphatic carbocycles. The minimum absolute atomic E-state index is 0.0491. The van der Waals surface area contributed by atoms with Gasteiger partial charge >= 0.3 is 0 Å². The average molecular weight is 629 g/mol. The van der Waals surface area contributed by atoms with Gasteiger partial charge in [-0.3, -0.25) is 14.5 Å². The fraction of sp³-hybridized carbons (Fsp3) is 0.405. The SMILES string of the molecule is CCCCCOc1ccc(C2/C(=C(\O)c3ccc(OCc4ccccc4)cc3)C(=O)C(=O)N2CCCN2CCOCC2)cc1OC. The van der Waals surface area contributed by atoms with Crippen LogP contribution in [0.4, 0.5) is 0 Å². The second-order valence-corrected chi connectivity index (χ2v) is 11.6. The summed E-state index contributed by atoms with van der Waals surface area (Å²) in [5.74, 6) is 0.158. The number of methoxy groups -OCH3 is 1. The first-order valence-corrected chi connectivity index (χ1v) is 16.2. The molecule has 0 radical (unpaired) electrons. The third kappa shape index (κ3) is 8.08. The van der Waals surface area contributed by atoms with Crippen molar-refractivity contribution >= 4 is 17.4 Å². The quantitative estimate of drug-likeness (QED) is 0.0950. The zero-order chi connectivity index (χ0) is 32.3. The van der Waals surface area contributed by atoms with Crippen molar-refractivity contribution in [3.8, 4) is 17.2 Å². The summed E-state index contributed by atoms with van der Waals surface area (Å²) in [4.78, 5) is 31.0. The largest absolute Gasteiger partial charge is 0.507 e. The topological polar surface area (TPSA) is 97.8 Å². The molecule has 2 heterocycles. The lowest BCUT2D eigenvalue weighted by molar-refractivity contribution is -0.140. The van der Waals surface area contributed by atoms with E-state index in [1.807, 2.05) is 42.5 Å². The van der Waals surface area contributed by atoms with Crippen molar-refractivity contribution in [2.24, 2.45) is 0 Å². The van der Waals surface area contributed by atoms with Gasteiger partial charge < -0.3 is 29.0 Å². The van der Waals surface area contributed by atoms with Crippen LogP contribution in [-0.4, -0.2) is 79.7 Å². The molecule has 2 aliphatic rings. The molecule has 1 amide bonds. The van der Waals surface area contributed by atoms with Gasteiger partial charge in [-0.15, -0.1) is 0 Å². The van der Waals surface area contributed by atoms with Gasteiger partial charge in [0.05, 0.1) is 38.5 Å². The number of likely N-dealkylation sites (tertiary alicyclic amines) is 1. The van der Waals surface area contributed by atoms with E-state index in [-0.39, 0.29) is 11.3 Å². The van der Waals surface area contributed by atoms with Crippen molar-refractivity contribution < 1.29 is 33.6 Å². The van der Waals surface area contributed by atoms with E-state index in [0.29, 0.717) is 67.8 Å². The Morgan fingerprint density at radius 3 is 2.37 bits per heavy atom. The van der Waals surface area contributed by atoms with Crippen molar-refractivity contribution in [3.63, 3.8) is 0 Å². The number of carbonyl (C=O) groups is 2. The summed E-state index contributed by atoms with van der Waals surface area (Å²) < 4.78 is 23.0. The number of hydrogen-bond acceptors (Lipinski definition) is 8. The number of benzene rings is 3. The number of carbonyl (C=O) groups excluding carboxylic acids is 2. The smallest absolute Gasteiger partial charge is 0.295 e. The third-order valence-electron chi connectivity index (χ3n) is 8.40. The van der Waals surface area contributed by atoms with Crippen molar-refractivity contribution in [2.45, 2.75) is 45.3 Å². The molecule has 2 aliphatic heterocycles. The maximum absolute atomic E-state index is 13.6. The molecule has 0 saturated carbocycles. The van der Waals surface area contributed by atoms with E-state index in [2.05, 4.69) is 11.8 Å².